The highest BCUT2D eigenvalue weighted by molar-refractivity contribution is 6.35. The van der Waals surface area contributed by atoms with Gasteiger partial charge in [-0.2, -0.15) is 10.2 Å². The number of halogens is 1. The van der Waals surface area contributed by atoms with Crippen LogP contribution in [0, 0.1) is 18.3 Å². The van der Waals surface area contributed by atoms with Crippen LogP contribution in [0.2, 0.25) is 5.02 Å². The quantitative estimate of drug-likeness (QED) is 0.615. The molecule has 0 saturated carbocycles. The molecule has 0 amide bonds. The number of nitrogens with two attached hydrogens (primary N) is 1. The topological polar surface area (TPSA) is 126 Å². The zero-order chi connectivity index (χ0) is 23.1. The van der Waals surface area contributed by atoms with E-state index in [4.69, 9.17) is 27.1 Å². The number of morpholine rings is 1. The van der Waals surface area contributed by atoms with Crippen LogP contribution in [-0.2, 0) is 4.74 Å². The van der Waals surface area contributed by atoms with Gasteiger partial charge >= 0.3 is 0 Å². The second kappa shape index (κ2) is 8.50. The number of hydrogen-bond donors (Lipinski definition) is 1. The first kappa shape index (κ1) is 21.4. The largest absolute Gasteiger partial charge is 0.378 e. The zero-order valence-electron chi connectivity index (χ0n) is 18.2. The summed E-state index contributed by atoms with van der Waals surface area (Å²) in [5, 5.41) is 12.5. The molecule has 2 N–H and O–H groups in total. The first-order valence-electron chi connectivity index (χ1n) is 10.8. The molecule has 4 heterocycles. The van der Waals surface area contributed by atoms with Crippen LogP contribution < -0.4 is 21.2 Å². The summed E-state index contributed by atoms with van der Waals surface area (Å²) in [5.74, 6) is 1.17. The van der Waals surface area contributed by atoms with Gasteiger partial charge < -0.3 is 20.4 Å². The fourth-order valence-electron chi connectivity index (χ4n) is 4.65. The Bertz CT molecular complexity index is 1330. The number of nitriles is 1. The summed E-state index contributed by atoms with van der Waals surface area (Å²) in [6.45, 7) is 4.54. The minimum absolute atomic E-state index is 0.107. The van der Waals surface area contributed by atoms with Crippen molar-refractivity contribution in [1.29, 1.82) is 5.26 Å². The van der Waals surface area contributed by atoms with Crippen molar-refractivity contribution in [1.82, 2.24) is 19.6 Å². The highest BCUT2D eigenvalue weighted by Crippen LogP contribution is 2.37. The zero-order valence-corrected chi connectivity index (χ0v) is 18.9. The lowest BCUT2D eigenvalue weighted by Gasteiger charge is -2.35. The Hall–Kier alpha value is -3.42. The van der Waals surface area contributed by atoms with Gasteiger partial charge in [0.15, 0.2) is 11.6 Å². The van der Waals surface area contributed by atoms with E-state index in [0.29, 0.717) is 71.7 Å². The van der Waals surface area contributed by atoms with Crippen LogP contribution in [-0.4, -0.2) is 52.5 Å². The lowest BCUT2D eigenvalue weighted by molar-refractivity contribution is 0.110. The maximum Gasteiger partial charge on any atom is 0.281 e. The van der Waals surface area contributed by atoms with E-state index in [1.54, 1.807) is 29.8 Å². The highest BCUT2D eigenvalue weighted by Gasteiger charge is 2.35. The summed E-state index contributed by atoms with van der Waals surface area (Å²) < 4.78 is 7.15. The van der Waals surface area contributed by atoms with Crippen LogP contribution in [0.15, 0.2) is 23.0 Å². The Labute approximate surface area is 195 Å². The molecule has 0 radical (unpaired) electrons. The number of aromatic nitrogens is 4. The van der Waals surface area contributed by atoms with Crippen molar-refractivity contribution in [3.8, 4) is 6.07 Å². The third-order valence-corrected chi connectivity index (χ3v) is 6.46. The van der Waals surface area contributed by atoms with Crippen molar-refractivity contribution in [3.63, 3.8) is 0 Å². The monoisotopic (exact) mass is 466 g/mol. The lowest BCUT2D eigenvalue weighted by Crippen LogP contribution is -2.51. The second-order valence-electron chi connectivity index (χ2n) is 8.12. The summed E-state index contributed by atoms with van der Waals surface area (Å²) in [7, 11) is 0. The van der Waals surface area contributed by atoms with Gasteiger partial charge in [-0.15, -0.1) is 0 Å². The molecule has 0 spiro atoms. The number of benzene rings is 1. The molecule has 170 valence electrons. The molecule has 2 aromatic heterocycles. The molecule has 0 bridgehead atoms. The minimum Gasteiger partial charge on any atom is -0.378 e. The van der Waals surface area contributed by atoms with Gasteiger partial charge in [0.2, 0.25) is 5.95 Å². The Morgan fingerprint density at radius 2 is 2.00 bits per heavy atom. The Morgan fingerprint density at radius 3 is 2.76 bits per heavy atom. The highest BCUT2D eigenvalue weighted by atomic mass is 35.5. The van der Waals surface area contributed by atoms with Crippen LogP contribution in [0.1, 0.15) is 36.0 Å². The van der Waals surface area contributed by atoms with Gasteiger partial charge in [-0.25, -0.2) is 14.6 Å². The van der Waals surface area contributed by atoms with Crippen molar-refractivity contribution < 1.29 is 4.74 Å². The number of anilines is 2. The van der Waals surface area contributed by atoms with Crippen LogP contribution in [0.4, 0.5) is 11.8 Å². The molecule has 1 aromatic carbocycles. The molecule has 2 aliphatic rings. The minimum atomic E-state index is -0.273. The molecular formula is C22H23ClN8O2. The molecule has 3 aromatic rings. The maximum atomic E-state index is 13.7. The van der Waals surface area contributed by atoms with Crippen molar-refractivity contribution in [2.75, 3.05) is 48.5 Å². The standard InChI is InChI=1S/C22H23ClN8O2/c1-13-14(12-24)19(28-22(25)26-13)30-7-3-6-17(30)20-27-16-5-2-4-15(23)18(16)21(32)31(20)29-8-10-33-11-9-29/h2,4-5,17H,3,6-11H2,1H3,(H2,25,26,28). The van der Waals surface area contributed by atoms with E-state index in [9.17, 15) is 10.1 Å². The van der Waals surface area contributed by atoms with Gasteiger partial charge in [0.25, 0.3) is 5.56 Å². The first-order valence-corrected chi connectivity index (χ1v) is 11.2. The number of aryl methyl sites for hydroxylation is 1. The van der Waals surface area contributed by atoms with Gasteiger partial charge in [0.05, 0.1) is 54.0 Å². The number of rotatable bonds is 3. The summed E-state index contributed by atoms with van der Waals surface area (Å²) >= 11 is 6.41. The third kappa shape index (κ3) is 3.63. The van der Waals surface area contributed by atoms with Gasteiger partial charge in [0.1, 0.15) is 11.6 Å². The van der Waals surface area contributed by atoms with E-state index in [-0.39, 0.29) is 17.5 Å². The van der Waals surface area contributed by atoms with E-state index >= 15 is 0 Å². The predicted molar refractivity (Wildman–Crippen MR) is 125 cm³/mol. The van der Waals surface area contributed by atoms with E-state index in [1.165, 1.54) is 0 Å². The summed E-state index contributed by atoms with van der Waals surface area (Å²) in [6, 6.07) is 7.22. The van der Waals surface area contributed by atoms with Gasteiger partial charge in [-0.1, -0.05) is 17.7 Å². The molecule has 0 aliphatic carbocycles. The molecule has 1 unspecified atom stereocenters. The molecule has 2 saturated heterocycles. The summed E-state index contributed by atoms with van der Waals surface area (Å²) in [6.07, 6.45) is 1.60. The number of nitrogens with zero attached hydrogens (tertiary/aromatic N) is 7. The van der Waals surface area contributed by atoms with E-state index in [2.05, 4.69) is 16.0 Å². The van der Waals surface area contributed by atoms with Crippen molar-refractivity contribution in [2.45, 2.75) is 25.8 Å². The number of ether oxygens (including phenoxy) is 1. The van der Waals surface area contributed by atoms with Crippen molar-refractivity contribution >= 4 is 34.3 Å². The fourth-order valence-corrected chi connectivity index (χ4v) is 4.90. The first-order chi connectivity index (χ1) is 16.0. The molecule has 11 heteroatoms. The van der Waals surface area contributed by atoms with Crippen molar-refractivity contribution in [2.24, 2.45) is 0 Å². The van der Waals surface area contributed by atoms with E-state index in [0.717, 1.165) is 12.8 Å². The summed E-state index contributed by atoms with van der Waals surface area (Å²) in [4.78, 5) is 29.2. The smallest absolute Gasteiger partial charge is 0.281 e. The fraction of sp³-hybridized carbons (Fsp3) is 0.409. The predicted octanol–water partition coefficient (Wildman–Crippen LogP) is 1.91. The maximum absolute atomic E-state index is 13.7. The lowest BCUT2D eigenvalue weighted by atomic mass is 10.1. The van der Waals surface area contributed by atoms with Crippen LogP contribution in [0.25, 0.3) is 10.9 Å². The SMILES string of the molecule is Cc1nc(N)nc(N2CCCC2c2nc3cccc(Cl)c3c(=O)n2N2CCOCC2)c1C#N. The molecule has 5 rings (SSSR count). The molecule has 1 atom stereocenters. The van der Waals surface area contributed by atoms with Crippen LogP contribution >= 0.6 is 11.6 Å². The second-order valence-corrected chi connectivity index (χ2v) is 8.52. The molecule has 10 nitrogen and oxygen atoms in total. The van der Waals surface area contributed by atoms with E-state index < -0.39 is 0 Å². The molecule has 2 fully saturated rings. The molecule has 2 aliphatic heterocycles. The Balaban J connectivity index is 1.72. The van der Waals surface area contributed by atoms with E-state index in [1.807, 2.05) is 9.91 Å². The molecule has 33 heavy (non-hydrogen) atoms. The Kier molecular flexibility index (Phi) is 5.52. The number of hydrogen-bond acceptors (Lipinski definition) is 9. The Morgan fingerprint density at radius 1 is 1.21 bits per heavy atom. The summed E-state index contributed by atoms with van der Waals surface area (Å²) in [5.41, 5.74) is 7.15. The van der Waals surface area contributed by atoms with Gasteiger partial charge in [-0.05, 0) is 31.9 Å². The average Bonchev–Trinajstić information content (AvgIpc) is 3.28. The van der Waals surface area contributed by atoms with Gasteiger partial charge in [0, 0.05) is 6.54 Å². The third-order valence-electron chi connectivity index (χ3n) is 6.14. The molecular weight excluding hydrogens is 444 g/mol. The van der Waals surface area contributed by atoms with Crippen LogP contribution in [0.5, 0.6) is 0 Å². The number of fused-ring (bicyclic) bond motifs is 1. The van der Waals surface area contributed by atoms with Gasteiger partial charge in [-0.3, -0.25) is 4.79 Å². The normalized spacial score (nSPS) is 18.6. The number of nitrogen functional groups attached to an aromatic ring is 1. The average molecular weight is 467 g/mol. The van der Waals surface area contributed by atoms with Crippen LogP contribution in [0.3, 0.4) is 0 Å². The van der Waals surface area contributed by atoms with Crippen molar-refractivity contribution in [3.05, 3.63) is 50.7 Å².